The zero-order valence-corrected chi connectivity index (χ0v) is 29.2. The molecule has 6 rings (SSSR count). The summed E-state index contributed by atoms with van der Waals surface area (Å²) in [5.74, 6) is -0.806. The highest BCUT2D eigenvalue weighted by Gasteiger charge is 2.45. The molecule has 6 fully saturated rings. The van der Waals surface area contributed by atoms with Crippen LogP contribution in [0.25, 0.3) is 0 Å². The van der Waals surface area contributed by atoms with Gasteiger partial charge in [-0.1, -0.05) is 25.7 Å². The quantitative estimate of drug-likeness (QED) is 0.260. The average molecular weight is 679 g/mol. The lowest BCUT2D eigenvalue weighted by atomic mass is 9.65. The van der Waals surface area contributed by atoms with E-state index < -0.39 is 36.5 Å². The van der Waals surface area contributed by atoms with Crippen LogP contribution >= 0.6 is 0 Å². The molecule has 0 aromatic rings. The fourth-order valence-electron chi connectivity index (χ4n) is 10.3. The number of nitrogens with one attached hydrogen (secondary N) is 3. The van der Waals surface area contributed by atoms with Gasteiger partial charge in [0.25, 0.3) is 0 Å². The molecule has 0 aromatic carbocycles. The summed E-state index contributed by atoms with van der Waals surface area (Å²) in [4.78, 5) is 34.5. The second-order valence-corrected chi connectivity index (χ2v) is 16.3. The molecule has 12 heteroatoms. The number of hydrogen-bond acceptors (Lipinski definition) is 8. The molecular formula is C36H64F2N8O2. The lowest BCUT2D eigenvalue weighted by molar-refractivity contribution is -0.139. The van der Waals surface area contributed by atoms with Crippen molar-refractivity contribution in [1.29, 1.82) is 0 Å². The standard InChI is InChI=1S/C36H64F2N8O2/c37-26-7-14-36(12-3-1-4-13-36)21-29(42-22-26)31(33(39)40)34(47)43-30-24-41-23-28(38)32(30)45-17-8-25(9-18-45)35(48)46-19-10-27(11-20-46)44-15-5-2-6-16-44/h25-33,41-42H,1-24,39-40H2,(H,43,47). The molecule has 48 heavy (non-hydrogen) atoms. The number of piperidine rings is 4. The number of likely N-dealkylation sites (tertiary alicyclic amines) is 3. The maximum atomic E-state index is 15.7. The van der Waals surface area contributed by atoms with Crippen LogP contribution in [0.4, 0.5) is 8.78 Å². The minimum Gasteiger partial charge on any atom is -0.350 e. The van der Waals surface area contributed by atoms with Crippen LogP contribution in [0.1, 0.15) is 96.3 Å². The Hall–Kier alpha value is -1.44. The minimum atomic E-state index is -1.16. The van der Waals surface area contributed by atoms with E-state index in [0.717, 1.165) is 64.5 Å². The molecule has 10 nitrogen and oxygen atoms in total. The van der Waals surface area contributed by atoms with Gasteiger partial charge < -0.3 is 37.2 Å². The van der Waals surface area contributed by atoms with Gasteiger partial charge in [-0.15, -0.1) is 0 Å². The molecule has 1 saturated carbocycles. The Balaban J connectivity index is 1.05. The Morgan fingerprint density at radius 1 is 0.771 bits per heavy atom. The van der Waals surface area contributed by atoms with E-state index in [9.17, 15) is 14.0 Å². The van der Waals surface area contributed by atoms with Crippen LogP contribution in [-0.4, -0.2) is 128 Å². The number of halogens is 2. The summed E-state index contributed by atoms with van der Waals surface area (Å²) >= 11 is 0. The van der Waals surface area contributed by atoms with Crippen molar-refractivity contribution in [2.24, 2.45) is 28.7 Å². The van der Waals surface area contributed by atoms with Crippen molar-refractivity contribution in [2.45, 2.75) is 139 Å². The summed E-state index contributed by atoms with van der Waals surface area (Å²) in [7, 11) is 0. The van der Waals surface area contributed by atoms with Crippen LogP contribution in [0.2, 0.25) is 0 Å². The van der Waals surface area contributed by atoms with Gasteiger partial charge in [0.15, 0.2) is 0 Å². The fourth-order valence-corrected chi connectivity index (χ4v) is 10.3. The summed E-state index contributed by atoms with van der Waals surface area (Å²) in [6, 6.07) is -0.694. The normalized spacial score (nSPS) is 34.4. The lowest BCUT2D eigenvalue weighted by Gasteiger charge is -2.47. The topological polar surface area (TPSA) is 132 Å². The molecule has 0 bridgehead atoms. The van der Waals surface area contributed by atoms with Crippen molar-refractivity contribution in [3.05, 3.63) is 0 Å². The van der Waals surface area contributed by atoms with E-state index in [-0.39, 0.29) is 42.3 Å². The van der Waals surface area contributed by atoms with Crippen LogP contribution in [0, 0.1) is 17.3 Å². The number of amides is 2. The third-order valence-corrected chi connectivity index (χ3v) is 13.1. The molecule has 5 heterocycles. The number of carbonyl (C=O) groups excluding carboxylic acids is 2. The van der Waals surface area contributed by atoms with Gasteiger partial charge in [0.1, 0.15) is 12.3 Å². The molecule has 1 spiro atoms. The van der Waals surface area contributed by atoms with Gasteiger partial charge in [0.05, 0.1) is 24.2 Å². The van der Waals surface area contributed by atoms with Gasteiger partial charge in [-0.25, -0.2) is 8.78 Å². The smallest absolute Gasteiger partial charge is 0.227 e. The van der Waals surface area contributed by atoms with Gasteiger partial charge >= 0.3 is 0 Å². The van der Waals surface area contributed by atoms with Crippen molar-refractivity contribution in [3.63, 3.8) is 0 Å². The maximum absolute atomic E-state index is 15.7. The van der Waals surface area contributed by atoms with E-state index in [4.69, 9.17) is 11.5 Å². The molecule has 6 unspecified atom stereocenters. The third kappa shape index (κ3) is 8.70. The van der Waals surface area contributed by atoms with E-state index in [1.165, 1.54) is 38.8 Å². The lowest BCUT2D eigenvalue weighted by Crippen LogP contribution is -2.68. The monoisotopic (exact) mass is 679 g/mol. The van der Waals surface area contributed by atoms with Crippen molar-refractivity contribution in [1.82, 2.24) is 30.7 Å². The molecule has 6 atom stereocenters. The van der Waals surface area contributed by atoms with Gasteiger partial charge in [0, 0.05) is 50.7 Å². The number of alkyl halides is 2. The molecule has 1 aliphatic carbocycles. The number of carbonyl (C=O) groups is 2. The Kier molecular flexibility index (Phi) is 12.7. The first-order chi connectivity index (χ1) is 23.2. The minimum absolute atomic E-state index is 0.00193. The highest BCUT2D eigenvalue weighted by atomic mass is 19.1. The van der Waals surface area contributed by atoms with Crippen LogP contribution < -0.4 is 27.4 Å². The Labute approximate surface area is 287 Å². The van der Waals surface area contributed by atoms with Crippen LogP contribution in [0.15, 0.2) is 0 Å². The molecule has 5 saturated heterocycles. The number of rotatable bonds is 7. The Bertz CT molecular complexity index is 1040. The summed E-state index contributed by atoms with van der Waals surface area (Å²) in [6.07, 6.45) is 12.0. The first-order valence-corrected chi connectivity index (χ1v) is 19.5. The summed E-state index contributed by atoms with van der Waals surface area (Å²) < 4.78 is 30.6. The van der Waals surface area contributed by atoms with E-state index in [2.05, 4.69) is 30.7 Å². The Morgan fingerprint density at radius 2 is 1.46 bits per heavy atom. The third-order valence-electron chi connectivity index (χ3n) is 13.1. The van der Waals surface area contributed by atoms with E-state index in [1.807, 2.05) is 0 Å². The molecular weight excluding hydrogens is 614 g/mol. The van der Waals surface area contributed by atoms with Crippen molar-refractivity contribution >= 4 is 11.8 Å². The first-order valence-electron chi connectivity index (χ1n) is 19.5. The SMILES string of the molecule is NC(N)C(C(=O)NC1CNCC(F)C1N1CCC(C(=O)N2CCC(N3CCCCC3)CC2)CC1)C1CC2(CCCCC2)CCC(F)CN1. The van der Waals surface area contributed by atoms with E-state index in [1.54, 1.807) is 0 Å². The molecule has 7 N–H and O–H groups in total. The van der Waals surface area contributed by atoms with Crippen LogP contribution in [0.5, 0.6) is 0 Å². The second-order valence-electron chi connectivity index (χ2n) is 16.3. The highest BCUT2D eigenvalue weighted by molar-refractivity contribution is 5.80. The average Bonchev–Trinajstić information content (AvgIpc) is 3.10. The molecule has 2 amide bonds. The van der Waals surface area contributed by atoms with Gasteiger partial charge in [-0.05, 0) is 102 Å². The molecule has 274 valence electrons. The van der Waals surface area contributed by atoms with E-state index >= 15 is 4.39 Å². The number of nitrogens with two attached hydrogens (primary N) is 2. The van der Waals surface area contributed by atoms with Crippen molar-refractivity contribution < 1.29 is 18.4 Å². The zero-order valence-electron chi connectivity index (χ0n) is 29.2. The molecule has 0 radical (unpaired) electrons. The van der Waals surface area contributed by atoms with E-state index in [0.29, 0.717) is 44.9 Å². The molecule has 5 aliphatic heterocycles. The first kappa shape index (κ1) is 36.4. The zero-order chi connectivity index (χ0) is 33.7. The van der Waals surface area contributed by atoms with Gasteiger partial charge in [-0.3, -0.25) is 14.5 Å². The maximum Gasteiger partial charge on any atom is 0.227 e. The molecule has 6 aliphatic rings. The van der Waals surface area contributed by atoms with Crippen molar-refractivity contribution in [3.8, 4) is 0 Å². The Morgan fingerprint density at radius 3 is 2.15 bits per heavy atom. The largest absolute Gasteiger partial charge is 0.350 e. The number of nitrogens with zero attached hydrogens (tertiary/aromatic N) is 3. The van der Waals surface area contributed by atoms with Gasteiger partial charge in [0.2, 0.25) is 11.8 Å². The predicted molar refractivity (Wildman–Crippen MR) is 185 cm³/mol. The van der Waals surface area contributed by atoms with Crippen LogP contribution in [-0.2, 0) is 9.59 Å². The highest BCUT2D eigenvalue weighted by Crippen LogP contribution is 2.46. The summed E-state index contributed by atoms with van der Waals surface area (Å²) in [5.41, 5.74) is 12.6. The number of hydrogen-bond donors (Lipinski definition) is 5. The predicted octanol–water partition coefficient (Wildman–Crippen LogP) is 2.26. The van der Waals surface area contributed by atoms with Crippen molar-refractivity contribution in [2.75, 3.05) is 58.9 Å². The second kappa shape index (κ2) is 16.7. The van der Waals surface area contributed by atoms with Crippen LogP contribution in [0.3, 0.4) is 0 Å². The van der Waals surface area contributed by atoms with Gasteiger partial charge in [-0.2, -0.15) is 0 Å². The summed E-state index contributed by atoms with van der Waals surface area (Å²) in [5, 5.41) is 9.69. The molecule has 0 aromatic heterocycles. The summed E-state index contributed by atoms with van der Waals surface area (Å²) in [6.45, 7) is 6.18. The fraction of sp³-hybridized carbons (Fsp3) is 0.944.